The molecule has 0 radical (unpaired) electrons. The number of rotatable bonds is 5. The van der Waals surface area contributed by atoms with Gasteiger partial charge in [-0.1, -0.05) is 36.4 Å². The molecule has 3 heteroatoms. The van der Waals surface area contributed by atoms with E-state index in [0.717, 1.165) is 22.5 Å². The number of carbonyl (C=O) groups excluding carboxylic acids is 1. The second kappa shape index (κ2) is 7.12. The maximum absolute atomic E-state index is 12.1. The molecule has 0 saturated carbocycles. The lowest BCUT2D eigenvalue weighted by atomic mass is 10.1. The molecule has 0 bridgehead atoms. The topological polar surface area (TPSA) is 41.1 Å². The van der Waals surface area contributed by atoms with E-state index in [1.165, 1.54) is 11.1 Å². The molecule has 3 nitrogen and oxygen atoms in total. The van der Waals surface area contributed by atoms with E-state index in [9.17, 15) is 4.79 Å². The summed E-state index contributed by atoms with van der Waals surface area (Å²) in [4.78, 5) is 12.1. The third-order valence-electron chi connectivity index (χ3n) is 3.88. The van der Waals surface area contributed by atoms with Gasteiger partial charge >= 0.3 is 0 Å². The van der Waals surface area contributed by atoms with Crippen molar-refractivity contribution in [3.63, 3.8) is 0 Å². The third-order valence-corrected chi connectivity index (χ3v) is 3.88. The van der Waals surface area contributed by atoms with Crippen LogP contribution in [0.2, 0.25) is 0 Å². The summed E-state index contributed by atoms with van der Waals surface area (Å²) in [5.74, 6) is 0.0381. The quantitative estimate of drug-likeness (QED) is 0.860. The van der Waals surface area contributed by atoms with E-state index < -0.39 is 0 Å². The highest BCUT2D eigenvalue weighted by Crippen LogP contribution is 2.21. The molecule has 0 aliphatic heterocycles. The normalized spacial score (nSPS) is 10.4. The van der Waals surface area contributed by atoms with Crippen molar-refractivity contribution < 1.29 is 4.79 Å². The van der Waals surface area contributed by atoms with E-state index in [0.29, 0.717) is 13.0 Å². The molecule has 2 N–H and O–H groups in total. The van der Waals surface area contributed by atoms with Crippen LogP contribution in [-0.4, -0.2) is 12.5 Å². The van der Waals surface area contributed by atoms with Crippen LogP contribution in [0.25, 0.3) is 0 Å². The van der Waals surface area contributed by atoms with Gasteiger partial charge in [0.25, 0.3) is 0 Å². The molecule has 0 atom stereocenters. The minimum atomic E-state index is 0.0381. The average molecular weight is 296 g/mol. The lowest BCUT2D eigenvalue weighted by Crippen LogP contribution is -2.18. The number of hydrogen-bond acceptors (Lipinski definition) is 2. The number of anilines is 2. The summed E-state index contributed by atoms with van der Waals surface area (Å²) in [6.45, 7) is 8.80. The maximum atomic E-state index is 12.1. The van der Waals surface area contributed by atoms with Gasteiger partial charge in [-0.15, -0.1) is 0 Å². The number of aryl methyl sites for hydroxylation is 4. The highest BCUT2D eigenvalue weighted by atomic mass is 16.1. The fraction of sp³-hybridized carbons (Fsp3) is 0.316. The van der Waals surface area contributed by atoms with Crippen molar-refractivity contribution in [2.24, 2.45) is 0 Å². The molecule has 2 aromatic carbocycles. The van der Waals surface area contributed by atoms with Gasteiger partial charge < -0.3 is 10.6 Å². The maximum Gasteiger partial charge on any atom is 0.226 e. The van der Waals surface area contributed by atoms with Gasteiger partial charge in [0, 0.05) is 24.3 Å². The Bertz CT molecular complexity index is 637. The first kappa shape index (κ1) is 16.1. The standard InChI is InChI=1S/C19H24N2O/c1-13-7-5-8-14(2)18(13)20-12-11-17(22)21-19-15(3)9-6-10-16(19)4/h5-10,20H,11-12H2,1-4H3,(H,21,22). The van der Waals surface area contributed by atoms with Crippen LogP contribution in [-0.2, 0) is 4.79 Å². The monoisotopic (exact) mass is 296 g/mol. The van der Waals surface area contributed by atoms with E-state index in [1.807, 2.05) is 38.1 Å². The molecule has 22 heavy (non-hydrogen) atoms. The van der Waals surface area contributed by atoms with Crippen LogP contribution >= 0.6 is 0 Å². The summed E-state index contributed by atoms with van der Waals surface area (Å²) in [5.41, 5.74) is 6.65. The van der Waals surface area contributed by atoms with Gasteiger partial charge in [-0.2, -0.15) is 0 Å². The van der Waals surface area contributed by atoms with Crippen molar-refractivity contribution in [1.82, 2.24) is 0 Å². The summed E-state index contributed by atoms with van der Waals surface area (Å²) in [7, 11) is 0. The molecule has 0 spiro atoms. The van der Waals surface area contributed by atoms with Crippen LogP contribution in [0.4, 0.5) is 11.4 Å². The molecule has 2 rings (SSSR count). The minimum absolute atomic E-state index is 0.0381. The molecule has 2 aromatic rings. The van der Waals surface area contributed by atoms with Crippen LogP contribution in [0.15, 0.2) is 36.4 Å². The summed E-state index contributed by atoms with van der Waals surface area (Å²) in [6, 6.07) is 12.2. The largest absolute Gasteiger partial charge is 0.384 e. The Hall–Kier alpha value is -2.29. The third kappa shape index (κ3) is 3.88. The summed E-state index contributed by atoms with van der Waals surface area (Å²) < 4.78 is 0. The van der Waals surface area contributed by atoms with Crippen molar-refractivity contribution in [3.8, 4) is 0 Å². The molecule has 0 aliphatic rings. The summed E-state index contributed by atoms with van der Waals surface area (Å²) in [5, 5.41) is 6.38. The number of amides is 1. The fourth-order valence-corrected chi connectivity index (χ4v) is 2.61. The van der Waals surface area contributed by atoms with Crippen LogP contribution in [0.5, 0.6) is 0 Å². The summed E-state index contributed by atoms with van der Waals surface area (Å²) >= 11 is 0. The highest BCUT2D eigenvalue weighted by Gasteiger charge is 2.08. The zero-order valence-electron chi connectivity index (χ0n) is 13.8. The smallest absolute Gasteiger partial charge is 0.226 e. The van der Waals surface area contributed by atoms with Crippen LogP contribution in [0.1, 0.15) is 28.7 Å². The van der Waals surface area contributed by atoms with Gasteiger partial charge in [-0.3, -0.25) is 4.79 Å². The molecular weight excluding hydrogens is 272 g/mol. The molecule has 0 aliphatic carbocycles. The molecule has 0 unspecified atom stereocenters. The number of carbonyl (C=O) groups is 1. The molecule has 116 valence electrons. The number of para-hydroxylation sites is 2. The minimum Gasteiger partial charge on any atom is -0.384 e. The van der Waals surface area contributed by atoms with Gasteiger partial charge in [-0.25, -0.2) is 0 Å². The predicted molar refractivity (Wildman–Crippen MR) is 93.6 cm³/mol. The van der Waals surface area contributed by atoms with E-state index in [-0.39, 0.29) is 5.91 Å². The van der Waals surface area contributed by atoms with Crippen molar-refractivity contribution >= 4 is 17.3 Å². The first-order chi connectivity index (χ1) is 10.5. The highest BCUT2D eigenvalue weighted by molar-refractivity contribution is 5.92. The average Bonchev–Trinajstić information content (AvgIpc) is 2.46. The first-order valence-electron chi connectivity index (χ1n) is 7.65. The Morgan fingerprint density at radius 2 is 1.27 bits per heavy atom. The lowest BCUT2D eigenvalue weighted by molar-refractivity contribution is -0.115. The van der Waals surface area contributed by atoms with Gasteiger partial charge in [0.15, 0.2) is 0 Å². The van der Waals surface area contributed by atoms with E-state index in [4.69, 9.17) is 0 Å². The second-order valence-corrected chi connectivity index (χ2v) is 5.76. The van der Waals surface area contributed by atoms with Crippen LogP contribution in [0.3, 0.4) is 0 Å². The number of benzene rings is 2. The van der Waals surface area contributed by atoms with Crippen molar-refractivity contribution in [2.45, 2.75) is 34.1 Å². The predicted octanol–water partition coefficient (Wildman–Crippen LogP) is 4.36. The molecule has 0 fully saturated rings. The van der Waals surface area contributed by atoms with Gasteiger partial charge in [0.1, 0.15) is 0 Å². The summed E-state index contributed by atoms with van der Waals surface area (Å²) in [6.07, 6.45) is 0.446. The van der Waals surface area contributed by atoms with Crippen molar-refractivity contribution in [2.75, 3.05) is 17.2 Å². The van der Waals surface area contributed by atoms with Gasteiger partial charge in [0.2, 0.25) is 5.91 Å². The Kier molecular flexibility index (Phi) is 5.21. The van der Waals surface area contributed by atoms with E-state index in [1.54, 1.807) is 0 Å². The second-order valence-electron chi connectivity index (χ2n) is 5.76. The Balaban J connectivity index is 1.91. The Morgan fingerprint density at radius 1 is 0.818 bits per heavy atom. The Labute approximate surface area is 132 Å². The number of hydrogen-bond donors (Lipinski definition) is 2. The Morgan fingerprint density at radius 3 is 1.77 bits per heavy atom. The van der Waals surface area contributed by atoms with Gasteiger partial charge in [-0.05, 0) is 49.9 Å². The van der Waals surface area contributed by atoms with E-state index >= 15 is 0 Å². The molecule has 0 aromatic heterocycles. The van der Waals surface area contributed by atoms with Crippen molar-refractivity contribution in [1.29, 1.82) is 0 Å². The molecule has 0 saturated heterocycles. The number of nitrogens with one attached hydrogen (secondary N) is 2. The molecular formula is C19H24N2O. The zero-order chi connectivity index (χ0) is 16.1. The molecule has 1 amide bonds. The van der Waals surface area contributed by atoms with E-state index in [2.05, 4.69) is 36.6 Å². The first-order valence-corrected chi connectivity index (χ1v) is 7.65. The van der Waals surface area contributed by atoms with Crippen LogP contribution < -0.4 is 10.6 Å². The SMILES string of the molecule is Cc1cccc(C)c1NCCC(=O)Nc1c(C)cccc1C. The lowest BCUT2D eigenvalue weighted by Gasteiger charge is -2.14. The van der Waals surface area contributed by atoms with Crippen molar-refractivity contribution in [3.05, 3.63) is 58.7 Å². The molecule has 0 heterocycles. The van der Waals surface area contributed by atoms with Crippen LogP contribution in [0, 0.1) is 27.7 Å². The van der Waals surface area contributed by atoms with Gasteiger partial charge in [0.05, 0.1) is 0 Å². The fourth-order valence-electron chi connectivity index (χ4n) is 2.61. The zero-order valence-corrected chi connectivity index (χ0v) is 13.8.